The largest absolute Gasteiger partial charge is 0.462 e. The Morgan fingerprint density at radius 2 is 1.86 bits per heavy atom. The van der Waals surface area contributed by atoms with E-state index in [0.717, 1.165) is 0 Å². The van der Waals surface area contributed by atoms with Crippen LogP contribution in [0.15, 0.2) is 48.5 Å². The number of nitrogens with one attached hydrogen (secondary N) is 2. The molecule has 114 valence electrons. The first-order valence-corrected chi connectivity index (χ1v) is 7.07. The summed E-state index contributed by atoms with van der Waals surface area (Å²) in [5, 5.41) is 5.78. The zero-order valence-electron chi connectivity index (χ0n) is 11.9. The molecule has 0 spiro atoms. The lowest BCUT2D eigenvalue weighted by Gasteiger charge is -2.11. The zero-order valence-corrected chi connectivity index (χ0v) is 12.7. The molecule has 0 bridgehead atoms. The molecule has 0 aliphatic carbocycles. The third kappa shape index (κ3) is 4.23. The van der Waals surface area contributed by atoms with E-state index in [2.05, 4.69) is 10.6 Å². The van der Waals surface area contributed by atoms with Gasteiger partial charge in [-0.15, -0.1) is 0 Å². The van der Waals surface area contributed by atoms with Crippen molar-refractivity contribution in [3.8, 4) is 0 Å². The van der Waals surface area contributed by atoms with Gasteiger partial charge < -0.3 is 15.4 Å². The molecule has 2 N–H and O–H groups in total. The van der Waals surface area contributed by atoms with Gasteiger partial charge in [-0.25, -0.2) is 9.59 Å². The maximum absolute atomic E-state index is 12.0. The molecule has 0 unspecified atom stereocenters. The molecular weight excluding hydrogens is 304 g/mol. The van der Waals surface area contributed by atoms with Crippen LogP contribution in [0.25, 0.3) is 0 Å². The minimum absolute atomic E-state index is 0.266. The molecule has 0 aromatic heterocycles. The molecule has 0 saturated heterocycles. The molecule has 6 heteroatoms. The highest BCUT2D eigenvalue weighted by Gasteiger charge is 2.13. The van der Waals surface area contributed by atoms with E-state index in [1.54, 1.807) is 55.5 Å². The predicted molar refractivity (Wildman–Crippen MR) is 86.5 cm³/mol. The number of ether oxygens (including phenoxy) is 1. The zero-order chi connectivity index (χ0) is 15.9. The number of esters is 1. The van der Waals surface area contributed by atoms with Crippen molar-refractivity contribution in [3.05, 3.63) is 59.1 Å². The monoisotopic (exact) mass is 318 g/mol. The lowest BCUT2D eigenvalue weighted by molar-refractivity contribution is 0.0527. The van der Waals surface area contributed by atoms with Crippen LogP contribution in [0.4, 0.5) is 16.2 Å². The second kappa shape index (κ2) is 7.47. The lowest BCUT2D eigenvalue weighted by atomic mass is 10.2. The Hall–Kier alpha value is -2.53. The Bertz CT molecular complexity index is 689. The van der Waals surface area contributed by atoms with Crippen molar-refractivity contribution < 1.29 is 14.3 Å². The van der Waals surface area contributed by atoms with Crippen LogP contribution in [-0.4, -0.2) is 18.6 Å². The Kier molecular flexibility index (Phi) is 5.38. The topological polar surface area (TPSA) is 67.4 Å². The van der Waals surface area contributed by atoms with Gasteiger partial charge >= 0.3 is 12.0 Å². The van der Waals surface area contributed by atoms with Gasteiger partial charge in [0.25, 0.3) is 0 Å². The summed E-state index contributed by atoms with van der Waals surface area (Å²) >= 11 is 5.86. The van der Waals surface area contributed by atoms with E-state index < -0.39 is 12.0 Å². The number of halogens is 1. The lowest BCUT2D eigenvalue weighted by Crippen LogP contribution is -2.21. The standard InChI is InChI=1S/C16H15ClN2O3/c1-2-22-15(20)13-8-3-4-9-14(13)19-16(21)18-12-7-5-6-11(17)10-12/h3-10H,2H2,1H3,(H2,18,19,21). The van der Waals surface area contributed by atoms with Crippen LogP contribution in [0.5, 0.6) is 0 Å². The number of amides is 2. The van der Waals surface area contributed by atoms with Crippen LogP contribution in [0, 0.1) is 0 Å². The smallest absolute Gasteiger partial charge is 0.340 e. The number of urea groups is 1. The number of carbonyl (C=O) groups excluding carboxylic acids is 2. The van der Waals surface area contributed by atoms with Gasteiger partial charge in [-0.3, -0.25) is 0 Å². The van der Waals surface area contributed by atoms with E-state index >= 15 is 0 Å². The maximum atomic E-state index is 12.0. The number of benzene rings is 2. The second-order valence-corrected chi connectivity index (χ2v) is 4.79. The first-order chi connectivity index (χ1) is 10.6. The average Bonchev–Trinajstić information content (AvgIpc) is 2.48. The molecule has 5 nitrogen and oxygen atoms in total. The molecule has 0 saturated carbocycles. The minimum atomic E-state index is -0.485. The minimum Gasteiger partial charge on any atom is -0.462 e. The molecular formula is C16H15ClN2O3. The summed E-state index contributed by atoms with van der Waals surface area (Å²) in [6.07, 6.45) is 0. The van der Waals surface area contributed by atoms with Crippen molar-refractivity contribution in [2.24, 2.45) is 0 Å². The van der Waals surface area contributed by atoms with Crippen LogP contribution >= 0.6 is 11.6 Å². The molecule has 2 amide bonds. The van der Waals surface area contributed by atoms with Crippen molar-refractivity contribution in [1.82, 2.24) is 0 Å². The van der Waals surface area contributed by atoms with E-state index in [-0.39, 0.29) is 6.61 Å². The predicted octanol–water partition coefficient (Wildman–Crippen LogP) is 4.16. The summed E-state index contributed by atoms with van der Waals surface area (Å²) < 4.78 is 4.96. The van der Waals surface area contributed by atoms with Crippen LogP contribution in [0.1, 0.15) is 17.3 Å². The number of para-hydroxylation sites is 1. The summed E-state index contributed by atoms with van der Waals surface area (Å²) in [6.45, 7) is 1.99. The molecule has 0 radical (unpaired) electrons. The normalized spacial score (nSPS) is 9.91. The van der Waals surface area contributed by atoms with Gasteiger partial charge in [0.15, 0.2) is 0 Å². The van der Waals surface area contributed by atoms with Gasteiger partial charge in [-0.2, -0.15) is 0 Å². The number of hydrogen-bond donors (Lipinski definition) is 2. The third-order valence-corrected chi connectivity index (χ3v) is 2.99. The Morgan fingerprint density at radius 3 is 2.59 bits per heavy atom. The Balaban J connectivity index is 2.10. The Morgan fingerprint density at radius 1 is 1.09 bits per heavy atom. The highest BCUT2D eigenvalue weighted by Crippen LogP contribution is 2.18. The van der Waals surface area contributed by atoms with E-state index in [0.29, 0.717) is 22.0 Å². The first-order valence-electron chi connectivity index (χ1n) is 6.70. The van der Waals surface area contributed by atoms with Crippen molar-refractivity contribution in [2.75, 3.05) is 17.2 Å². The number of carbonyl (C=O) groups is 2. The van der Waals surface area contributed by atoms with Crippen molar-refractivity contribution >= 4 is 35.0 Å². The van der Waals surface area contributed by atoms with Crippen LogP contribution in [0.2, 0.25) is 5.02 Å². The second-order valence-electron chi connectivity index (χ2n) is 4.36. The summed E-state index contributed by atoms with van der Waals surface area (Å²) in [4.78, 5) is 23.8. The van der Waals surface area contributed by atoms with E-state index in [1.807, 2.05) is 0 Å². The van der Waals surface area contributed by atoms with E-state index in [9.17, 15) is 9.59 Å². The fourth-order valence-electron chi connectivity index (χ4n) is 1.83. The fourth-order valence-corrected chi connectivity index (χ4v) is 2.02. The molecule has 0 aliphatic rings. The van der Waals surface area contributed by atoms with Crippen LogP contribution in [0.3, 0.4) is 0 Å². The molecule has 2 aromatic carbocycles. The molecule has 22 heavy (non-hydrogen) atoms. The SMILES string of the molecule is CCOC(=O)c1ccccc1NC(=O)Nc1cccc(Cl)c1. The molecule has 2 aromatic rings. The van der Waals surface area contributed by atoms with Crippen LogP contribution < -0.4 is 10.6 Å². The van der Waals surface area contributed by atoms with E-state index in [4.69, 9.17) is 16.3 Å². The Labute approximate surface area is 133 Å². The highest BCUT2D eigenvalue weighted by atomic mass is 35.5. The summed E-state index contributed by atoms with van der Waals surface area (Å²) in [7, 11) is 0. The average molecular weight is 319 g/mol. The molecule has 0 atom stereocenters. The van der Waals surface area contributed by atoms with Gasteiger partial charge in [0.1, 0.15) is 0 Å². The van der Waals surface area contributed by atoms with Gasteiger partial charge in [-0.05, 0) is 37.3 Å². The highest BCUT2D eigenvalue weighted by molar-refractivity contribution is 6.30. The summed E-state index contributed by atoms with van der Waals surface area (Å²) in [5.41, 5.74) is 1.23. The first kappa shape index (κ1) is 15.9. The molecule has 0 aliphatic heterocycles. The number of hydrogen-bond acceptors (Lipinski definition) is 3. The fraction of sp³-hybridized carbons (Fsp3) is 0.125. The van der Waals surface area contributed by atoms with E-state index in [1.165, 1.54) is 0 Å². The molecule has 2 rings (SSSR count). The third-order valence-electron chi connectivity index (χ3n) is 2.75. The number of rotatable bonds is 4. The molecule has 0 heterocycles. The van der Waals surface area contributed by atoms with Crippen molar-refractivity contribution in [2.45, 2.75) is 6.92 Å². The van der Waals surface area contributed by atoms with Gasteiger partial charge in [0.05, 0.1) is 17.9 Å². The number of anilines is 2. The summed E-state index contributed by atoms with van der Waals surface area (Å²) in [5.74, 6) is -0.485. The van der Waals surface area contributed by atoms with Crippen molar-refractivity contribution in [1.29, 1.82) is 0 Å². The summed E-state index contributed by atoms with van der Waals surface area (Å²) in [6, 6.07) is 12.9. The van der Waals surface area contributed by atoms with Gasteiger partial charge in [0, 0.05) is 10.7 Å². The molecule has 0 fully saturated rings. The van der Waals surface area contributed by atoms with Gasteiger partial charge in [-0.1, -0.05) is 29.8 Å². The van der Waals surface area contributed by atoms with Crippen LogP contribution in [-0.2, 0) is 4.74 Å². The van der Waals surface area contributed by atoms with Crippen molar-refractivity contribution in [3.63, 3.8) is 0 Å². The maximum Gasteiger partial charge on any atom is 0.340 e. The van der Waals surface area contributed by atoms with Gasteiger partial charge in [0.2, 0.25) is 0 Å². The quantitative estimate of drug-likeness (QED) is 0.832.